The van der Waals surface area contributed by atoms with E-state index in [1.807, 2.05) is 0 Å². The number of carbonyl (C=O) groups excluding carboxylic acids is 2. The zero-order valence-corrected chi connectivity index (χ0v) is 12.9. The van der Waals surface area contributed by atoms with Crippen molar-refractivity contribution in [1.82, 2.24) is 10.2 Å². The van der Waals surface area contributed by atoms with E-state index in [1.54, 1.807) is 0 Å². The monoisotopic (exact) mass is 318 g/mol. The summed E-state index contributed by atoms with van der Waals surface area (Å²) < 4.78 is 22.7. The standard InChI is InChI=1S/C12H18N2O6S/c1-7(8(2)11(16)17)10(15)13-12(18)14(3)9-4-5-21(19,20)6-9/h9H,4-6H2,1-3H3,(H,16,17)(H,13,15,18). The Bertz CT molecular complexity index is 607. The second-order valence-corrected chi connectivity index (χ2v) is 7.21. The fourth-order valence-corrected chi connectivity index (χ4v) is 3.63. The molecule has 1 saturated heterocycles. The number of hydrogen-bond acceptors (Lipinski definition) is 5. The summed E-state index contributed by atoms with van der Waals surface area (Å²) in [6.07, 6.45) is 0.323. The van der Waals surface area contributed by atoms with E-state index in [1.165, 1.54) is 20.9 Å². The van der Waals surface area contributed by atoms with Gasteiger partial charge in [-0.25, -0.2) is 18.0 Å². The lowest BCUT2D eigenvalue weighted by molar-refractivity contribution is -0.133. The molecule has 1 atom stereocenters. The number of rotatable bonds is 3. The average molecular weight is 318 g/mol. The summed E-state index contributed by atoms with van der Waals surface area (Å²) in [5.41, 5.74) is -0.241. The maximum atomic E-state index is 11.9. The Labute approximate surface area is 122 Å². The molecule has 118 valence electrons. The van der Waals surface area contributed by atoms with E-state index in [2.05, 4.69) is 5.32 Å². The van der Waals surface area contributed by atoms with Crippen molar-refractivity contribution >= 4 is 27.7 Å². The number of hydrogen-bond donors (Lipinski definition) is 2. The third kappa shape index (κ3) is 4.28. The number of amides is 3. The fraction of sp³-hybridized carbons (Fsp3) is 0.583. The van der Waals surface area contributed by atoms with Crippen LogP contribution in [0.25, 0.3) is 0 Å². The SMILES string of the molecule is CC(C(=O)O)=C(C)C(=O)NC(=O)N(C)C1CCS(=O)(=O)C1. The number of aliphatic carboxylic acids is 1. The van der Waals surface area contributed by atoms with E-state index in [9.17, 15) is 22.8 Å². The molecule has 0 aromatic heterocycles. The summed E-state index contributed by atoms with van der Waals surface area (Å²) in [5, 5.41) is 10.8. The zero-order valence-electron chi connectivity index (χ0n) is 12.0. The number of imide groups is 1. The molecule has 2 N–H and O–H groups in total. The van der Waals surface area contributed by atoms with Gasteiger partial charge in [-0.05, 0) is 20.3 Å². The summed E-state index contributed by atoms with van der Waals surface area (Å²) in [7, 11) is -1.74. The Morgan fingerprint density at radius 3 is 2.19 bits per heavy atom. The molecule has 0 spiro atoms. The Morgan fingerprint density at radius 1 is 1.19 bits per heavy atom. The van der Waals surface area contributed by atoms with Gasteiger partial charge in [0.1, 0.15) is 0 Å². The highest BCUT2D eigenvalue weighted by Crippen LogP contribution is 2.16. The molecule has 1 rings (SSSR count). The van der Waals surface area contributed by atoms with Gasteiger partial charge in [0, 0.05) is 24.2 Å². The molecule has 8 nitrogen and oxygen atoms in total. The highest BCUT2D eigenvalue weighted by molar-refractivity contribution is 7.91. The first-order valence-electron chi connectivity index (χ1n) is 6.24. The van der Waals surface area contributed by atoms with Crippen LogP contribution in [-0.4, -0.2) is 60.9 Å². The number of sulfone groups is 1. The van der Waals surface area contributed by atoms with Crippen LogP contribution >= 0.6 is 0 Å². The van der Waals surface area contributed by atoms with E-state index in [4.69, 9.17) is 5.11 Å². The Balaban J connectivity index is 2.71. The lowest BCUT2D eigenvalue weighted by Crippen LogP contribution is -2.46. The molecule has 1 aliphatic rings. The highest BCUT2D eigenvalue weighted by Gasteiger charge is 2.33. The van der Waals surface area contributed by atoms with Gasteiger partial charge in [0.05, 0.1) is 11.5 Å². The van der Waals surface area contributed by atoms with Crippen LogP contribution in [0.1, 0.15) is 20.3 Å². The van der Waals surface area contributed by atoms with Gasteiger partial charge in [0.15, 0.2) is 9.84 Å². The molecule has 0 saturated carbocycles. The van der Waals surface area contributed by atoms with Crippen LogP contribution in [-0.2, 0) is 19.4 Å². The minimum Gasteiger partial charge on any atom is -0.478 e. The predicted octanol–water partition coefficient (Wildman–Crippen LogP) is -0.237. The largest absolute Gasteiger partial charge is 0.478 e. The number of nitrogens with one attached hydrogen (secondary N) is 1. The van der Waals surface area contributed by atoms with Crippen LogP contribution in [0.2, 0.25) is 0 Å². The molecule has 21 heavy (non-hydrogen) atoms. The minimum absolute atomic E-state index is 0.0142. The smallest absolute Gasteiger partial charge is 0.331 e. The summed E-state index contributed by atoms with van der Waals surface area (Å²) in [4.78, 5) is 35.5. The fourth-order valence-electron chi connectivity index (χ4n) is 1.86. The molecule has 0 aliphatic carbocycles. The lowest BCUT2D eigenvalue weighted by atomic mass is 10.1. The molecular weight excluding hydrogens is 300 g/mol. The molecule has 0 aromatic rings. The summed E-state index contributed by atoms with van der Waals surface area (Å²) in [6.45, 7) is 2.56. The van der Waals surface area contributed by atoms with Gasteiger partial charge < -0.3 is 10.0 Å². The van der Waals surface area contributed by atoms with E-state index in [0.29, 0.717) is 6.42 Å². The van der Waals surface area contributed by atoms with Crippen LogP contribution in [0.5, 0.6) is 0 Å². The quantitative estimate of drug-likeness (QED) is 0.693. The molecule has 1 aliphatic heterocycles. The number of urea groups is 1. The van der Waals surface area contributed by atoms with Gasteiger partial charge in [-0.15, -0.1) is 0 Å². The second-order valence-electron chi connectivity index (χ2n) is 4.98. The van der Waals surface area contributed by atoms with Crippen molar-refractivity contribution in [3.8, 4) is 0 Å². The van der Waals surface area contributed by atoms with Crippen molar-refractivity contribution in [3.05, 3.63) is 11.1 Å². The maximum absolute atomic E-state index is 11.9. The first-order chi connectivity index (χ1) is 9.55. The van der Waals surface area contributed by atoms with Gasteiger partial charge >= 0.3 is 12.0 Å². The van der Waals surface area contributed by atoms with Crippen LogP contribution in [0, 0.1) is 0 Å². The number of nitrogens with zero attached hydrogens (tertiary/aromatic N) is 1. The average Bonchev–Trinajstić information content (AvgIpc) is 2.75. The topological polar surface area (TPSA) is 121 Å². The Hall–Kier alpha value is -1.90. The van der Waals surface area contributed by atoms with E-state index >= 15 is 0 Å². The lowest BCUT2D eigenvalue weighted by Gasteiger charge is -2.23. The van der Waals surface area contributed by atoms with Gasteiger partial charge in [-0.3, -0.25) is 10.1 Å². The number of carboxylic acids is 1. The molecule has 1 fully saturated rings. The van der Waals surface area contributed by atoms with Crippen LogP contribution in [0.4, 0.5) is 4.79 Å². The first-order valence-corrected chi connectivity index (χ1v) is 8.06. The molecular formula is C12H18N2O6S. The maximum Gasteiger partial charge on any atom is 0.331 e. The number of carboxylic acid groups (broad SMARTS) is 1. The highest BCUT2D eigenvalue weighted by atomic mass is 32.2. The van der Waals surface area contributed by atoms with E-state index < -0.39 is 33.8 Å². The van der Waals surface area contributed by atoms with Gasteiger partial charge in [0.2, 0.25) is 0 Å². The second kappa shape index (κ2) is 6.25. The summed E-state index contributed by atoms with van der Waals surface area (Å²) in [6, 6.07) is -1.23. The predicted molar refractivity (Wildman–Crippen MR) is 74.4 cm³/mol. The first kappa shape index (κ1) is 17.2. The Morgan fingerprint density at radius 2 is 1.76 bits per heavy atom. The molecule has 9 heteroatoms. The third-order valence-corrected chi connectivity index (χ3v) is 5.27. The molecule has 0 radical (unpaired) electrons. The summed E-state index contributed by atoms with van der Waals surface area (Å²) >= 11 is 0. The molecule has 0 bridgehead atoms. The van der Waals surface area contributed by atoms with Crippen molar-refractivity contribution in [2.24, 2.45) is 0 Å². The van der Waals surface area contributed by atoms with Crippen molar-refractivity contribution in [2.45, 2.75) is 26.3 Å². The van der Waals surface area contributed by atoms with Crippen molar-refractivity contribution < 1.29 is 27.9 Å². The molecule has 1 heterocycles. The van der Waals surface area contributed by atoms with Crippen molar-refractivity contribution in [1.29, 1.82) is 0 Å². The van der Waals surface area contributed by atoms with Gasteiger partial charge in [0.25, 0.3) is 5.91 Å². The van der Waals surface area contributed by atoms with Crippen LogP contribution in [0.15, 0.2) is 11.1 Å². The third-order valence-electron chi connectivity index (χ3n) is 3.52. The van der Waals surface area contributed by atoms with Crippen LogP contribution in [0.3, 0.4) is 0 Å². The number of carbonyl (C=O) groups is 3. The van der Waals surface area contributed by atoms with Gasteiger partial charge in [-0.2, -0.15) is 0 Å². The Kier molecular flexibility index (Phi) is 5.10. The van der Waals surface area contributed by atoms with Gasteiger partial charge in [-0.1, -0.05) is 0 Å². The van der Waals surface area contributed by atoms with E-state index in [-0.39, 0.29) is 22.7 Å². The normalized spacial score (nSPS) is 21.4. The summed E-state index contributed by atoms with van der Waals surface area (Å²) in [5.74, 6) is -2.17. The minimum atomic E-state index is -3.14. The van der Waals surface area contributed by atoms with Crippen LogP contribution < -0.4 is 5.32 Å². The molecule has 0 aromatic carbocycles. The molecule has 1 unspecified atom stereocenters. The van der Waals surface area contributed by atoms with Crippen molar-refractivity contribution in [3.63, 3.8) is 0 Å². The van der Waals surface area contributed by atoms with Crippen molar-refractivity contribution in [2.75, 3.05) is 18.6 Å². The zero-order chi connectivity index (χ0) is 16.4. The molecule has 3 amide bonds. The van der Waals surface area contributed by atoms with E-state index in [0.717, 1.165) is 4.90 Å².